The molecule has 2 rings (SSSR count). The molecule has 1 amide bonds. The highest BCUT2D eigenvalue weighted by Gasteiger charge is 2.03. The van der Waals surface area contributed by atoms with E-state index in [-0.39, 0.29) is 11.7 Å². The molecule has 0 fully saturated rings. The zero-order valence-corrected chi connectivity index (χ0v) is 12.4. The van der Waals surface area contributed by atoms with Gasteiger partial charge in [-0.3, -0.25) is 9.89 Å². The van der Waals surface area contributed by atoms with Crippen LogP contribution in [0.25, 0.3) is 6.08 Å². The summed E-state index contributed by atoms with van der Waals surface area (Å²) in [5, 5.41) is 9.34. The number of halogens is 2. The number of anilines is 1. The maximum absolute atomic E-state index is 13.5. The van der Waals surface area contributed by atoms with Crippen LogP contribution in [-0.4, -0.2) is 16.1 Å². The van der Waals surface area contributed by atoms with Crippen molar-refractivity contribution < 1.29 is 9.18 Å². The summed E-state index contributed by atoms with van der Waals surface area (Å²) in [5.74, 6) is -0.296. The second kappa shape index (κ2) is 6.47. The van der Waals surface area contributed by atoms with Crippen LogP contribution in [0.2, 0.25) is 0 Å². The zero-order chi connectivity index (χ0) is 14.5. The molecule has 104 valence electrons. The van der Waals surface area contributed by atoms with Gasteiger partial charge in [-0.05, 0) is 30.7 Å². The number of rotatable bonds is 4. The maximum atomic E-state index is 13.5. The average molecular weight is 338 g/mol. The van der Waals surface area contributed by atoms with E-state index in [1.807, 2.05) is 6.92 Å². The summed E-state index contributed by atoms with van der Waals surface area (Å²) in [7, 11) is 0. The summed E-state index contributed by atoms with van der Waals surface area (Å²) >= 11 is 3.25. The Labute approximate surface area is 124 Å². The van der Waals surface area contributed by atoms with E-state index in [9.17, 15) is 9.18 Å². The maximum Gasteiger partial charge on any atom is 0.249 e. The van der Waals surface area contributed by atoms with Crippen molar-refractivity contribution in [3.05, 3.63) is 51.9 Å². The number of nitrogens with one attached hydrogen (secondary N) is 2. The van der Waals surface area contributed by atoms with Crippen molar-refractivity contribution >= 4 is 33.7 Å². The number of aromatic nitrogens is 2. The Bertz CT molecular complexity index is 652. The number of benzene rings is 1. The van der Waals surface area contributed by atoms with E-state index in [1.165, 1.54) is 18.2 Å². The third kappa shape index (κ3) is 3.77. The number of carbonyl (C=O) groups is 1. The van der Waals surface area contributed by atoms with Crippen LogP contribution in [-0.2, 0) is 11.2 Å². The minimum absolute atomic E-state index is 0.339. The smallest absolute Gasteiger partial charge is 0.249 e. The molecule has 1 aromatic heterocycles. The van der Waals surface area contributed by atoms with Gasteiger partial charge in [0.05, 0.1) is 0 Å². The summed E-state index contributed by atoms with van der Waals surface area (Å²) in [6, 6.07) is 6.29. The molecule has 0 saturated carbocycles. The van der Waals surface area contributed by atoms with Crippen LogP contribution >= 0.6 is 15.9 Å². The van der Waals surface area contributed by atoms with Gasteiger partial charge < -0.3 is 5.32 Å². The molecule has 2 aromatic rings. The third-order valence-corrected chi connectivity index (χ3v) is 3.13. The fourth-order valence-corrected chi connectivity index (χ4v) is 1.96. The number of aromatic amines is 1. The normalized spacial score (nSPS) is 10.9. The van der Waals surface area contributed by atoms with Gasteiger partial charge >= 0.3 is 0 Å². The number of aryl methyl sites for hydroxylation is 1. The van der Waals surface area contributed by atoms with Crippen molar-refractivity contribution in [1.82, 2.24) is 10.2 Å². The first kappa shape index (κ1) is 14.5. The van der Waals surface area contributed by atoms with E-state index in [0.29, 0.717) is 11.4 Å². The van der Waals surface area contributed by atoms with Crippen molar-refractivity contribution in [3.8, 4) is 0 Å². The molecule has 2 N–H and O–H groups in total. The van der Waals surface area contributed by atoms with Gasteiger partial charge in [0.25, 0.3) is 0 Å². The van der Waals surface area contributed by atoms with Gasteiger partial charge in [0.1, 0.15) is 5.82 Å². The van der Waals surface area contributed by atoms with Gasteiger partial charge in [0.15, 0.2) is 5.82 Å². The molecule has 0 aliphatic rings. The van der Waals surface area contributed by atoms with Crippen molar-refractivity contribution in [2.24, 2.45) is 0 Å². The van der Waals surface area contributed by atoms with Gasteiger partial charge in [-0.2, -0.15) is 5.10 Å². The van der Waals surface area contributed by atoms with E-state index < -0.39 is 0 Å². The van der Waals surface area contributed by atoms with Crippen LogP contribution in [0.1, 0.15) is 18.2 Å². The highest BCUT2D eigenvalue weighted by molar-refractivity contribution is 9.10. The molecule has 0 radical (unpaired) electrons. The topological polar surface area (TPSA) is 57.8 Å². The third-order valence-electron chi connectivity index (χ3n) is 2.64. The van der Waals surface area contributed by atoms with Gasteiger partial charge in [-0.25, -0.2) is 4.39 Å². The average Bonchev–Trinajstić information content (AvgIpc) is 2.87. The van der Waals surface area contributed by atoms with Crippen LogP contribution in [0.5, 0.6) is 0 Å². The predicted molar refractivity (Wildman–Crippen MR) is 79.7 cm³/mol. The number of hydrogen-bond acceptors (Lipinski definition) is 2. The van der Waals surface area contributed by atoms with Gasteiger partial charge in [-0.1, -0.05) is 22.9 Å². The summed E-state index contributed by atoms with van der Waals surface area (Å²) in [6.07, 6.45) is 3.50. The van der Waals surface area contributed by atoms with Crippen molar-refractivity contribution in [1.29, 1.82) is 0 Å². The molecular formula is C14H13BrFN3O. The molecule has 1 heterocycles. The molecule has 20 heavy (non-hydrogen) atoms. The Kier molecular flexibility index (Phi) is 4.68. The van der Waals surface area contributed by atoms with E-state index in [1.54, 1.807) is 18.2 Å². The lowest BCUT2D eigenvalue weighted by molar-refractivity contribution is -0.111. The lowest BCUT2D eigenvalue weighted by Crippen LogP contribution is -2.08. The first-order valence-electron chi connectivity index (χ1n) is 6.07. The fraction of sp³-hybridized carbons (Fsp3) is 0.143. The molecule has 0 aliphatic heterocycles. The molecule has 0 atom stereocenters. The first-order chi connectivity index (χ1) is 9.58. The van der Waals surface area contributed by atoms with E-state index in [4.69, 9.17) is 0 Å². The number of carbonyl (C=O) groups excluding carboxylic acids is 1. The monoisotopic (exact) mass is 337 g/mol. The van der Waals surface area contributed by atoms with Crippen molar-refractivity contribution in [3.63, 3.8) is 0 Å². The first-order valence-corrected chi connectivity index (χ1v) is 6.86. The minimum atomic E-state index is -0.384. The van der Waals surface area contributed by atoms with E-state index in [2.05, 4.69) is 31.4 Å². The standard InChI is InChI=1S/C14H13BrFN3O/c1-2-11-8-13(19-18-11)17-14(20)6-3-9-7-10(15)4-5-12(9)16/h3-8H,2H2,1H3,(H2,17,18,19,20)/b6-3+. The number of hydrogen-bond donors (Lipinski definition) is 2. The summed E-state index contributed by atoms with van der Waals surface area (Å²) in [6.45, 7) is 1.98. The molecule has 1 aromatic carbocycles. The molecule has 4 nitrogen and oxygen atoms in total. The van der Waals surface area contributed by atoms with Crippen LogP contribution in [0, 0.1) is 5.82 Å². The van der Waals surface area contributed by atoms with Crippen molar-refractivity contribution in [2.45, 2.75) is 13.3 Å². The minimum Gasteiger partial charge on any atom is -0.306 e. The summed E-state index contributed by atoms with van der Waals surface area (Å²) in [4.78, 5) is 11.7. The molecule has 0 unspecified atom stereocenters. The summed E-state index contributed by atoms with van der Waals surface area (Å²) < 4.78 is 14.2. The van der Waals surface area contributed by atoms with Gasteiger partial charge in [-0.15, -0.1) is 0 Å². The highest BCUT2D eigenvalue weighted by Crippen LogP contribution is 2.16. The summed E-state index contributed by atoms with van der Waals surface area (Å²) in [5.41, 5.74) is 1.27. The molecule has 0 saturated heterocycles. The van der Waals surface area contributed by atoms with Crippen LogP contribution < -0.4 is 5.32 Å². The lowest BCUT2D eigenvalue weighted by atomic mass is 10.2. The van der Waals surface area contributed by atoms with Gasteiger partial charge in [0.2, 0.25) is 5.91 Å². The quantitative estimate of drug-likeness (QED) is 0.838. The van der Waals surface area contributed by atoms with E-state index >= 15 is 0 Å². The van der Waals surface area contributed by atoms with Crippen LogP contribution in [0.15, 0.2) is 34.8 Å². The second-order valence-electron chi connectivity index (χ2n) is 4.12. The highest BCUT2D eigenvalue weighted by atomic mass is 79.9. The molecule has 0 spiro atoms. The van der Waals surface area contributed by atoms with Gasteiger partial charge in [0, 0.05) is 27.9 Å². The van der Waals surface area contributed by atoms with Crippen LogP contribution in [0.4, 0.5) is 10.2 Å². The zero-order valence-electron chi connectivity index (χ0n) is 10.8. The Hall–Kier alpha value is -1.95. The Morgan fingerprint density at radius 3 is 3.00 bits per heavy atom. The molecule has 6 heteroatoms. The number of amides is 1. The Morgan fingerprint density at radius 1 is 1.50 bits per heavy atom. The van der Waals surface area contributed by atoms with Crippen molar-refractivity contribution in [2.75, 3.05) is 5.32 Å². The van der Waals surface area contributed by atoms with E-state index in [0.717, 1.165) is 16.6 Å². The Morgan fingerprint density at radius 2 is 2.30 bits per heavy atom. The number of H-pyrrole nitrogens is 1. The number of nitrogens with zero attached hydrogens (tertiary/aromatic N) is 1. The molecule has 0 bridgehead atoms. The predicted octanol–water partition coefficient (Wildman–Crippen LogP) is 3.53. The Balaban J connectivity index is 2.03. The second-order valence-corrected chi connectivity index (χ2v) is 5.04. The SMILES string of the molecule is CCc1cc(NC(=O)/C=C/c2cc(Br)ccc2F)n[nH]1. The lowest BCUT2D eigenvalue weighted by Gasteiger charge is -1.98. The molecule has 0 aliphatic carbocycles. The largest absolute Gasteiger partial charge is 0.306 e. The molecular weight excluding hydrogens is 325 g/mol. The van der Waals surface area contributed by atoms with Crippen LogP contribution in [0.3, 0.4) is 0 Å². The fourth-order valence-electron chi connectivity index (χ4n) is 1.58.